The molecule has 0 radical (unpaired) electrons. The normalized spacial score (nSPS) is 25.6. The average Bonchev–Trinajstić information content (AvgIpc) is 2.18. The maximum absolute atomic E-state index is 11.6. The van der Waals surface area contributed by atoms with E-state index in [1.165, 1.54) is 25.7 Å². The predicted molar refractivity (Wildman–Crippen MR) is 71.9 cm³/mol. The molecule has 0 aliphatic heterocycles. The minimum atomic E-state index is -0.116. The molecule has 17 heavy (non-hydrogen) atoms. The summed E-state index contributed by atoms with van der Waals surface area (Å²) in [6.07, 6.45) is 5.87. The molecule has 3 heteroatoms. The van der Waals surface area contributed by atoms with Gasteiger partial charge in [0.15, 0.2) is 0 Å². The zero-order valence-electron chi connectivity index (χ0n) is 11.8. The molecule has 2 N–H and O–H groups in total. The second-order valence-corrected chi connectivity index (χ2v) is 6.37. The minimum absolute atomic E-state index is 0.116. The Balaban J connectivity index is 2.16. The summed E-state index contributed by atoms with van der Waals surface area (Å²) in [4.78, 5) is 11.6. The fraction of sp³-hybridized carbons (Fsp3) is 0.929. The summed E-state index contributed by atoms with van der Waals surface area (Å²) in [7, 11) is 0. The molecule has 1 amide bonds. The largest absolute Gasteiger partial charge is 0.351 e. The van der Waals surface area contributed by atoms with Gasteiger partial charge in [-0.2, -0.15) is 0 Å². The lowest BCUT2D eigenvalue weighted by Gasteiger charge is -2.29. The second kappa shape index (κ2) is 6.39. The molecule has 1 aliphatic carbocycles. The van der Waals surface area contributed by atoms with Crippen molar-refractivity contribution in [2.75, 3.05) is 6.54 Å². The molecule has 0 saturated heterocycles. The Labute approximate surface area is 106 Å². The van der Waals surface area contributed by atoms with Crippen LogP contribution in [0.15, 0.2) is 0 Å². The molecule has 0 heterocycles. The van der Waals surface area contributed by atoms with Crippen molar-refractivity contribution < 1.29 is 4.79 Å². The van der Waals surface area contributed by atoms with Crippen molar-refractivity contribution in [1.82, 2.24) is 10.6 Å². The van der Waals surface area contributed by atoms with E-state index in [0.29, 0.717) is 12.5 Å². The van der Waals surface area contributed by atoms with Gasteiger partial charge in [-0.05, 0) is 39.5 Å². The van der Waals surface area contributed by atoms with E-state index in [9.17, 15) is 4.79 Å². The number of rotatable bonds is 4. The Morgan fingerprint density at radius 3 is 2.47 bits per heavy atom. The van der Waals surface area contributed by atoms with Crippen molar-refractivity contribution in [2.24, 2.45) is 5.92 Å². The molecule has 0 aromatic carbocycles. The summed E-state index contributed by atoms with van der Waals surface area (Å²) in [5, 5.41) is 6.52. The van der Waals surface area contributed by atoms with E-state index in [4.69, 9.17) is 0 Å². The van der Waals surface area contributed by atoms with E-state index in [1.807, 2.05) is 20.8 Å². The number of hydrogen-bond donors (Lipinski definition) is 2. The monoisotopic (exact) mass is 240 g/mol. The maximum atomic E-state index is 11.6. The van der Waals surface area contributed by atoms with Crippen molar-refractivity contribution in [3.63, 3.8) is 0 Å². The molecule has 1 rings (SSSR count). The van der Waals surface area contributed by atoms with Gasteiger partial charge in [0.25, 0.3) is 0 Å². The van der Waals surface area contributed by atoms with Crippen LogP contribution in [-0.4, -0.2) is 24.0 Å². The van der Waals surface area contributed by atoms with Crippen LogP contribution in [0.25, 0.3) is 0 Å². The van der Waals surface area contributed by atoms with E-state index in [0.717, 1.165) is 12.5 Å². The van der Waals surface area contributed by atoms with Crippen LogP contribution in [0.3, 0.4) is 0 Å². The van der Waals surface area contributed by atoms with E-state index >= 15 is 0 Å². The van der Waals surface area contributed by atoms with Crippen LogP contribution in [0.5, 0.6) is 0 Å². The van der Waals surface area contributed by atoms with Crippen LogP contribution >= 0.6 is 0 Å². The molecular weight excluding hydrogens is 212 g/mol. The van der Waals surface area contributed by atoms with E-state index in [1.54, 1.807) is 0 Å². The smallest absolute Gasteiger partial charge is 0.221 e. The first-order valence-electron chi connectivity index (χ1n) is 6.93. The zero-order valence-corrected chi connectivity index (χ0v) is 11.8. The highest BCUT2D eigenvalue weighted by molar-refractivity contribution is 5.76. The maximum Gasteiger partial charge on any atom is 0.221 e. The third kappa shape index (κ3) is 6.06. The fourth-order valence-corrected chi connectivity index (χ4v) is 2.47. The number of nitrogens with one attached hydrogen (secondary N) is 2. The van der Waals surface area contributed by atoms with Gasteiger partial charge in [0, 0.05) is 24.5 Å². The van der Waals surface area contributed by atoms with Crippen molar-refractivity contribution in [3.05, 3.63) is 0 Å². The summed E-state index contributed by atoms with van der Waals surface area (Å²) < 4.78 is 0. The quantitative estimate of drug-likeness (QED) is 0.792. The van der Waals surface area contributed by atoms with Gasteiger partial charge in [-0.15, -0.1) is 0 Å². The Bertz CT molecular complexity index is 245. The number of hydrogen-bond acceptors (Lipinski definition) is 2. The Kier molecular flexibility index (Phi) is 5.44. The minimum Gasteiger partial charge on any atom is -0.351 e. The SMILES string of the molecule is CC1CCCCC1NCCC(=O)NC(C)(C)C. The molecule has 0 aromatic heterocycles. The molecule has 1 fully saturated rings. The van der Waals surface area contributed by atoms with Gasteiger partial charge in [0.1, 0.15) is 0 Å². The first kappa shape index (κ1) is 14.5. The van der Waals surface area contributed by atoms with Crippen molar-refractivity contribution in [3.8, 4) is 0 Å². The summed E-state index contributed by atoms with van der Waals surface area (Å²) in [6.45, 7) is 9.16. The lowest BCUT2D eigenvalue weighted by molar-refractivity contribution is -0.122. The molecule has 100 valence electrons. The molecule has 2 atom stereocenters. The lowest BCUT2D eigenvalue weighted by Crippen LogP contribution is -2.43. The molecular formula is C14H28N2O. The molecule has 0 aromatic rings. The first-order chi connectivity index (χ1) is 7.88. The highest BCUT2D eigenvalue weighted by Crippen LogP contribution is 2.23. The number of carbonyl (C=O) groups is 1. The lowest BCUT2D eigenvalue weighted by atomic mass is 9.86. The van der Waals surface area contributed by atoms with Gasteiger partial charge in [-0.3, -0.25) is 4.79 Å². The highest BCUT2D eigenvalue weighted by Gasteiger charge is 2.20. The first-order valence-corrected chi connectivity index (χ1v) is 6.93. The molecule has 3 nitrogen and oxygen atoms in total. The standard InChI is InChI=1S/C14H28N2O/c1-11-7-5-6-8-12(11)15-10-9-13(17)16-14(2,3)4/h11-12,15H,5-10H2,1-4H3,(H,16,17). The van der Waals surface area contributed by atoms with Crippen LogP contribution in [-0.2, 0) is 4.79 Å². The van der Waals surface area contributed by atoms with Gasteiger partial charge >= 0.3 is 0 Å². The summed E-state index contributed by atoms with van der Waals surface area (Å²) in [6, 6.07) is 0.617. The third-order valence-corrected chi connectivity index (χ3v) is 3.38. The Hall–Kier alpha value is -0.570. The summed E-state index contributed by atoms with van der Waals surface area (Å²) in [5.41, 5.74) is -0.116. The molecule has 0 bridgehead atoms. The molecule has 1 aliphatic rings. The van der Waals surface area contributed by atoms with Crippen molar-refractivity contribution >= 4 is 5.91 Å². The number of carbonyl (C=O) groups excluding carboxylic acids is 1. The average molecular weight is 240 g/mol. The highest BCUT2D eigenvalue weighted by atomic mass is 16.1. The summed E-state index contributed by atoms with van der Waals surface area (Å²) in [5.74, 6) is 0.905. The molecule has 2 unspecified atom stereocenters. The third-order valence-electron chi connectivity index (χ3n) is 3.38. The van der Waals surface area contributed by atoms with Crippen LogP contribution in [0.4, 0.5) is 0 Å². The topological polar surface area (TPSA) is 41.1 Å². The molecule has 0 spiro atoms. The predicted octanol–water partition coefficient (Wildman–Crippen LogP) is 2.46. The van der Waals surface area contributed by atoms with Crippen LogP contribution in [0.1, 0.15) is 59.8 Å². The second-order valence-electron chi connectivity index (χ2n) is 6.37. The Morgan fingerprint density at radius 2 is 1.88 bits per heavy atom. The van der Waals surface area contributed by atoms with Crippen LogP contribution in [0.2, 0.25) is 0 Å². The van der Waals surface area contributed by atoms with Crippen LogP contribution in [0, 0.1) is 5.92 Å². The van der Waals surface area contributed by atoms with E-state index in [2.05, 4.69) is 17.6 Å². The van der Waals surface area contributed by atoms with Gasteiger partial charge in [0.2, 0.25) is 5.91 Å². The van der Waals surface area contributed by atoms with Gasteiger partial charge < -0.3 is 10.6 Å². The van der Waals surface area contributed by atoms with E-state index < -0.39 is 0 Å². The summed E-state index contributed by atoms with van der Waals surface area (Å²) >= 11 is 0. The van der Waals surface area contributed by atoms with Gasteiger partial charge in [-0.25, -0.2) is 0 Å². The van der Waals surface area contributed by atoms with Crippen LogP contribution < -0.4 is 10.6 Å². The fourth-order valence-electron chi connectivity index (χ4n) is 2.47. The van der Waals surface area contributed by atoms with E-state index in [-0.39, 0.29) is 11.4 Å². The number of amides is 1. The van der Waals surface area contributed by atoms with Crippen molar-refractivity contribution in [2.45, 2.75) is 71.4 Å². The Morgan fingerprint density at radius 1 is 1.24 bits per heavy atom. The van der Waals surface area contributed by atoms with Crippen molar-refractivity contribution in [1.29, 1.82) is 0 Å². The van der Waals surface area contributed by atoms with Gasteiger partial charge in [0.05, 0.1) is 0 Å². The zero-order chi connectivity index (χ0) is 12.9. The molecule has 1 saturated carbocycles. The van der Waals surface area contributed by atoms with Gasteiger partial charge in [-0.1, -0.05) is 19.8 Å².